The van der Waals surface area contributed by atoms with Gasteiger partial charge in [0.25, 0.3) is 0 Å². The van der Waals surface area contributed by atoms with E-state index in [1.54, 1.807) is 0 Å². The number of aromatic amines is 1. The first-order valence-corrected chi connectivity index (χ1v) is 5.50. The molecular formula is C13H13NO3. The van der Waals surface area contributed by atoms with Crippen molar-refractivity contribution in [3.8, 4) is 0 Å². The Labute approximate surface area is 98.5 Å². The predicted octanol–water partition coefficient (Wildman–Crippen LogP) is 1.61. The summed E-state index contributed by atoms with van der Waals surface area (Å²) in [6, 6.07) is 7.94. The highest BCUT2D eigenvalue weighted by molar-refractivity contribution is 5.88. The maximum atomic E-state index is 11.9. The number of rotatable bonds is 2. The van der Waals surface area contributed by atoms with Crippen LogP contribution < -0.4 is 0 Å². The maximum absolute atomic E-state index is 11.9. The zero-order chi connectivity index (χ0) is 11.9. The lowest BCUT2D eigenvalue weighted by molar-refractivity contribution is -0.166. The number of aromatic nitrogens is 1. The molecule has 88 valence electrons. The maximum Gasteiger partial charge on any atom is 0.321 e. The predicted molar refractivity (Wildman–Crippen MR) is 62.8 cm³/mol. The molecule has 0 saturated carbocycles. The number of fused-ring (bicyclic) bond motifs is 1. The molecule has 17 heavy (non-hydrogen) atoms. The molecule has 4 nitrogen and oxygen atoms in total. The molecule has 0 atom stereocenters. The molecule has 1 saturated heterocycles. The first kappa shape index (κ1) is 10.4. The number of ether oxygens (including phenoxy) is 2. The third-order valence-corrected chi connectivity index (χ3v) is 3.38. The molecule has 1 N–H and O–H groups in total. The number of H-pyrrole nitrogens is 1. The number of methoxy groups -OCH3 is 1. The normalized spacial score (nSPS) is 17.7. The summed E-state index contributed by atoms with van der Waals surface area (Å²) in [6.45, 7) is 0.797. The fourth-order valence-corrected chi connectivity index (χ4v) is 2.25. The van der Waals surface area contributed by atoms with Crippen molar-refractivity contribution in [3.05, 3.63) is 36.0 Å². The van der Waals surface area contributed by atoms with Gasteiger partial charge in [0, 0.05) is 11.7 Å². The van der Waals surface area contributed by atoms with Gasteiger partial charge in [-0.3, -0.25) is 4.79 Å². The van der Waals surface area contributed by atoms with Crippen LogP contribution in [-0.4, -0.2) is 31.3 Å². The van der Waals surface area contributed by atoms with Gasteiger partial charge in [0.2, 0.25) is 0 Å². The van der Waals surface area contributed by atoms with E-state index in [1.165, 1.54) is 7.11 Å². The zero-order valence-electron chi connectivity index (χ0n) is 9.53. The number of carbonyl (C=O) groups excluding carboxylic acids is 1. The minimum atomic E-state index is -0.611. The van der Waals surface area contributed by atoms with Crippen LogP contribution in [0.15, 0.2) is 30.5 Å². The lowest BCUT2D eigenvalue weighted by Crippen LogP contribution is -2.53. The number of hydrogen-bond donors (Lipinski definition) is 1. The van der Waals surface area contributed by atoms with Gasteiger partial charge in [-0.15, -0.1) is 0 Å². The second kappa shape index (κ2) is 3.60. The molecule has 0 bridgehead atoms. The Hall–Kier alpha value is -1.81. The Balaban J connectivity index is 2.09. The Morgan fingerprint density at radius 2 is 2.24 bits per heavy atom. The van der Waals surface area contributed by atoms with Crippen LogP contribution in [0.3, 0.4) is 0 Å². The molecule has 1 aliphatic heterocycles. The molecule has 2 heterocycles. The SMILES string of the molecule is COC(=O)C1(c2ccc3[nH]ccc3c2)COC1. The van der Waals surface area contributed by atoms with Crippen LogP contribution in [-0.2, 0) is 19.7 Å². The van der Waals surface area contributed by atoms with E-state index < -0.39 is 5.41 Å². The summed E-state index contributed by atoms with van der Waals surface area (Å²) in [4.78, 5) is 15.0. The number of nitrogens with one attached hydrogen (secondary N) is 1. The Morgan fingerprint density at radius 3 is 2.88 bits per heavy atom. The molecule has 2 aromatic rings. The van der Waals surface area contributed by atoms with E-state index >= 15 is 0 Å². The lowest BCUT2D eigenvalue weighted by Gasteiger charge is -2.38. The summed E-state index contributed by atoms with van der Waals surface area (Å²) in [6.07, 6.45) is 1.89. The number of carbonyl (C=O) groups is 1. The topological polar surface area (TPSA) is 51.3 Å². The summed E-state index contributed by atoms with van der Waals surface area (Å²) >= 11 is 0. The molecule has 1 fully saturated rings. The van der Waals surface area contributed by atoms with Gasteiger partial charge in [-0.25, -0.2) is 0 Å². The van der Waals surface area contributed by atoms with Gasteiger partial charge in [0.05, 0.1) is 20.3 Å². The molecule has 0 unspecified atom stereocenters. The highest BCUT2D eigenvalue weighted by Gasteiger charge is 2.48. The van der Waals surface area contributed by atoms with E-state index in [0.717, 1.165) is 16.5 Å². The molecule has 1 aliphatic rings. The van der Waals surface area contributed by atoms with E-state index in [1.807, 2.05) is 30.5 Å². The van der Waals surface area contributed by atoms with Crippen LogP contribution in [0, 0.1) is 0 Å². The first-order chi connectivity index (χ1) is 8.26. The monoisotopic (exact) mass is 231 g/mol. The molecule has 4 heteroatoms. The number of esters is 1. The summed E-state index contributed by atoms with van der Waals surface area (Å²) in [7, 11) is 1.41. The first-order valence-electron chi connectivity index (χ1n) is 5.50. The smallest absolute Gasteiger partial charge is 0.321 e. The summed E-state index contributed by atoms with van der Waals surface area (Å²) < 4.78 is 10.1. The van der Waals surface area contributed by atoms with E-state index in [4.69, 9.17) is 9.47 Å². The van der Waals surface area contributed by atoms with Crippen molar-refractivity contribution in [1.29, 1.82) is 0 Å². The van der Waals surface area contributed by atoms with Crippen LogP contribution >= 0.6 is 0 Å². The molecule has 1 aromatic heterocycles. The molecule has 0 spiro atoms. The van der Waals surface area contributed by atoms with E-state index in [9.17, 15) is 4.79 Å². The molecule has 0 aliphatic carbocycles. The van der Waals surface area contributed by atoms with Gasteiger partial charge < -0.3 is 14.5 Å². The van der Waals surface area contributed by atoms with E-state index in [2.05, 4.69) is 4.98 Å². The standard InChI is InChI=1S/C13H13NO3/c1-16-12(15)13(7-17-8-13)10-2-3-11-9(6-10)4-5-14-11/h2-6,14H,7-8H2,1H3. The largest absolute Gasteiger partial charge is 0.468 e. The van der Waals surface area contributed by atoms with Crippen molar-refractivity contribution in [2.75, 3.05) is 20.3 Å². The quantitative estimate of drug-likeness (QED) is 0.799. The molecule has 0 amide bonds. The minimum absolute atomic E-state index is 0.223. The summed E-state index contributed by atoms with van der Waals surface area (Å²) in [5.41, 5.74) is 1.41. The van der Waals surface area contributed by atoms with Crippen LogP contribution in [0.4, 0.5) is 0 Å². The fourth-order valence-electron chi connectivity index (χ4n) is 2.25. The molecule has 1 aromatic carbocycles. The minimum Gasteiger partial charge on any atom is -0.468 e. The Bertz CT molecular complexity index is 569. The van der Waals surface area contributed by atoms with Crippen LogP contribution in [0.5, 0.6) is 0 Å². The van der Waals surface area contributed by atoms with Gasteiger partial charge in [-0.05, 0) is 29.1 Å². The number of benzene rings is 1. The second-order valence-electron chi connectivity index (χ2n) is 4.35. The highest BCUT2D eigenvalue weighted by Crippen LogP contribution is 2.35. The second-order valence-corrected chi connectivity index (χ2v) is 4.35. The van der Waals surface area contributed by atoms with Crippen LogP contribution in [0.1, 0.15) is 5.56 Å². The van der Waals surface area contributed by atoms with Crippen molar-refractivity contribution < 1.29 is 14.3 Å². The Kier molecular flexibility index (Phi) is 2.19. The van der Waals surface area contributed by atoms with Crippen molar-refractivity contribution in [2.45, 2.75) is 5.41 Å². The van der Waals surface area contributed by atoms with E-state index in [0.29, 0.717) is 13.2 Å². The zero-order valence-corrected chi connectivity index (χ0v) is 9.53. The van der Waals surface area contributed by atoms with Gasteiger partial charge in [0.1, 0.15) is 5.41 Å². The average Bonchev–Trinajstić information content (AvgIpc) is 2.74. The van der Waals surface area contributed by atoms with Crippen molar-refractivity contribution in [2.24, 2.45) is 0 Å². The van der Waals surface area contributed by atoms with Crippen molar-refractivity contribution in [3.63, 3.8) is 0 Å². The molecular weight excluding hydrogens is 218 g/mol. The van der Waals surface area contributed by atoms with Crippen LogP contribution in [0.25, 0.3) is 10.9 Å². The average molecular weight is 231 g/mol. The third kappa shape index (κ3) is 1.37. The van der Waals surface area contributed by atoms with Gasteiger partial charge in [0.15, 0.2) is 0 Å². The van der Waals surface area contributed by atoms with Crippen molar-refractivity contribution >= 4 is 16.9 Å². The molecule has 0 radical (unpaired) electrons. The van der Waals surface area contributed by atoms with Gasteiger partial charge >= 0.3 is 5.97 Å². The summed E-state index contributed by atoms with van der Waals surface area (Å²) in [5.74, 6) is -0.223. The Morgan fingerprint density at radius 1 is 1.41 bits per heavy atom. The van der Waals surface area contributed by atoms with E-state index in [-0.39, 0.29) is 5.97 Å². The van der Waals surface area contributed by atoms with Crippen LogP contribution in [0.2, 0.25) is 0 Å². The highest BCUT2D eigenvalue weighted by atomic mass is 16.5. The number of hydrogen-bond acceptors (Lipinski definition) is 3. The van der Waals surface area contributed by atoms with Gasteiger partial charge in [-0.2, -0.15) is 0 Å². The molecule has 3 rings (SSSR count). The fraction of sp³-hybridized carbons (Fsp3) is 0.308. The van der Waals surface area contributed by atoms with Gasteiger partial charge in [-0.1, -0.05) is 6.07 Å². The van der Waals surface area contributed by atoms with Crippen molar-refractivity contribution in [1.82, 2.24) is 4.98 Å². The third-order valence-electron chi connectivity index (χ3n) is 3.38. The lowest BCUT2D eigenvalue weighted by atomic mass is 9.78. The summed E-state index contributed by atoms with van der Waals surface area (Å²) in [5, 5.41) is 1.10.